The Kier molecular flexibility index (Phi) is 4.31. The summed E-state index contributed by atoms with van der Waals surface area (Å²) in [4.78, 5) is 30.5. The smallest absolute Gasteiger partial charge is 0.227 e. The van der Waals surface area contributed by atoms with Gasteiger partial charge in [-0.25, -0.2) is 0 Å². The highest BCUT2D eigenvalue weighted by Crippen LogP contribution is 2.33. The van der Waals surface area contributed by atoms with Gasteiger partial charge in [-0.05, 0) is 11.5 Å². The Morgan fingerprint density at radius 3 is 1.77 bits per heavy atom. The molecule has 0 N–H and O–H groups in total. The van der Waals surface area contributed by atoms with Gasteiger partial charge in [0.05, 0.1) is 5.70 Å². The van der Waals surface area contributed by atoms with Crippen LogP contribution in [-0.4, -0.2) is 65.5 Å². The number of hydrogen-bond donors (Lipinski definition) is 0. The molecule has 0 unspecified atom stereocenters. The number of rotatable bonds is 4. The zero-order valence-corrected chi connectivity index (χ0v) is 15.4. The largest absolute Gasteiger partial charge is 0.365 e. The summed E-state index contributed by atoms with van der Waals surface area (Å²) in [5, 5.41) is 0. The van der Waals surface area contributed by atoms with Crippen molar-refractivity contribution in [1.82, 2.24) is 14.7 Å². The minimum absolute atomic E-state index is 0.00546. The van der Waals surface area contributed by atoms with Crippen LogP contribution in [0.5, 0.6) is 0 Å². The van der Waals surface area contributed by atoms with E-state index in [-0.39, 0.29) is 11.6 Å². The van der Waals surface area contributed by atoms with E-state index in [0.29, 0.717) is 23.0 Å². The van der Waals surface area contributed by atoms with Gasteiger partial charge in [-0.15, -0.1) is 0 Å². The summed E-state index contributed by atoms with van der Waals surface area (Å²) in [6.45, 7) is 9.81. The summed E-state index contributed by atoms with van der Waals surface area (Å²) in [7, 11) is 0. The van der Waals surface area contributed by atoms with E-state index in [0.717, 1.165) is 39.3 Å². The van der Waals surface area contributed by atoms with Gasteiger partial charge in [0.1, 0.15) is 11.4 Å². The fourth-order valence-electron chi connectivity index (χ4n) is 3.11. The molecule has 1 aromatic carbocycles. The highest BCUT2D eigenvalue weighted by atomic mass is 16.1. The van der Waals surface area contributed by atoms with Gasteiger partial charge in [0.2, 0.25) is 11.6 Å². The quantitative estimate of drug-likeness (QED) is 0.613. The van der Waals surface area contributed by atoms with E-state index >= 15 is 0 Å². The maximum absolute atomic E-state index is 12.4. The predicted molar refractivity (Wildman–Crippen MR) is 100 cm³/mol. The van der Waals surface area contributed by atoms with Crippen molar-refractivity contribution in [3.63, 3.8) is 0 Å². The van der Waals surface area contributed by atoms with Crippen molar-refractivity contribution in [1.29, 1.82) is 0 Å². The average molecular weight is 351 g/mol. The highest BCUT2D eigenvalue weighted by molar-refractivity contribution is 6.22. The van der Waals surface area contributed by atoms with Gasteiger partial charge >= 0.3 is 0 Å². The van der Waals surface area contributed by atoms with Gasteiger partial charge in [0.15, 0.2) is 0 Å². The summed E-state index contributed by atoms with van der Waals surface area (Å²) < 4.78 is 0. The molecular formula is C21H25N3O2. The molecule has 3 aliphatic heterocycles. The molecular weight excluding hydrogens is 326 g/mol. The van der Waals surface area contributed by atoms with Crippen LogP contribution in [0.3, 0.4) is 0 Å². The monoisotopic (exact) mass is 351 g/mol. The van der Waals surface area contributed by atoms with Crippen molar-refractivity contribution in [2.75, 3.05) is 39.3 Å². The van der Waals surface area contributed by atoms with E-state index in [9.17, 15) is 9.59 Å². The number of allylic oxidation sites excluding steroid dienone is 1. The lowest BCUT2D eigenvalue weighted by atomic mass is 10.0. The molecule has 4 aliphatic rings. The summed E-state index contributed by atoms with van der Waals surface area (Å²) in [5.74, 6) is 0.707. The number of hydrogen-bond acceptors (Lipinski definition) is 5. The van der Waals surface area contributed by atoms with Crippen molar-refractivity contribution in [2.45, 2.75) is 19.8 Å². The van der Waals surface area contributed by atoms with E-state index in [1.54, 1.807) is 0 Å². The molecule has 136 valence electrons. The predicted octanol–water partition coefficient (Wildman–Crippen LogP) is 1.99. The topological polar surface area (TPSA) is 43.2 Å². The van der Waals surface area contributed by atoms with Crippen LogP contribution in [0.25, 0.3) is 0 Å². The normalized spacial score (nSPS) is 20.9. The number of ketones is 2. The first-order valence-corrected chi connectivity index (χ1v) is 9.41. The highest BCUT2D eigenvalue weighted by Gasteiger charge is 2.43. The van der Waals surface area contributed by atoms with Crippen molar-refractivity contribution < 1.29 is 9.59 Å². The Labute approximate surface area is 154 Å². The third-order valence-electron chi connectivity index (χ3n) is 4.95. The Morgan fingerprint density at radius 2 is 1.31 bits per heavy atom. The molecule has 5 rings (SSSR count). The van der Waals surface area contributed by atoms with Crippen LogP contribution in [0, 0.1) is 0 Å². The van der Waals surface area contributed by atoms with E-state index < -0.39 is 0 Å². The molecule has 5 nitrogen and oxygen atoms in total. The Balaban J connectivity index is 0.000000160. The first-order chi connectivity index (χ1) is 12.6. The fraction of sp³-hybridized carbons (Fsp3) is 0.429. The molecule has 3 saturated heterocycles. The fourth-order valence-corrected chi connectivity index (χ4v) is 3.11. The molecule has 0 spiro atoms. The lowest BCUT2D eigenvalue weighted by molar-refractivity contribution is -0.117. The molecule has 1 aliphatic carbocycles. The summed E-state index contributed by atoms with van der Waals surface area (Å²) in [5.41, 5.74) is 3.30. The maximum Gasteiger partial charge on any atom is 0.227 e. The van der Waals surface area contributed by atoms with Gasteiger partial charge in [0, 0.05) is 45.3 Å². The summed E-state index contributed by atoms with van der Waals surface area (Å²) in [6, 6.07) is 10.5. The zero-order chi connectivity index (χ0) is 18.3. The number of carbonyl (C=O) groups is 2. The number of Topliss-reactive ketones (excluding diaryl/α,β-unsaturated/α-hetero) is 1. The average Bonchev–Trinajstić information content (AvgIpc) is 3.50. The van der Waals surface area contributed by atoms with Gasteiger partial charge < -0.3 is 14.7 Å². The maximum atomic E-state index is 12.4. The zero-order valence-electron chi connectivity index (χ0n) is 15.4. The van der Waals surface area contributed by atoms with Crippen LogP contribution in [0.2, 0.25) is 0 Å². The number of nitrogens with zero attached hydrogens (tertiary/aromatic N) is 3. The van der Waals surface area contributed by atoms with Crippen LogP contribution in [0.4, 0.5) is 0 Å². The van der Waals surface area contributed by atoms with Crippen molar-refractivity contribution in [3.8, 4) is 0 Å². The van der Waals surface area contributed by atoms with Crippen molar-refractivity contribution in [2.24, 2.45) is 0 Å². The Bertz CT molecular complexity index is 783. The third kappa shape index (κ3) is 3.52. The molecule has 0 amide bonds. The first kappa shape index (κ1) is 16.9. The molecule has 0 bridgehead atoms. The Hall–Kier alpha value is -2.56. The van der Waals surface area contributed by atoms with E-state index in [2.05, 4.69) is 38.1 Å². The number of carbonyl (C=O) groups excluding carboxylic acids is 2. The molecule has 0 radical (unpaired) electrons. The lowest BCUT2D eigenvalue weighted by Crippen LogP contribution is -2.29. The Morgan fingerprint density at radius 1 is 0.769 bits per heavy atom. The SMILES string of the molecule is CC(C)c1ccccc1.O=C1C=C(N2CC2)C(=O)C(N2CC2)=C1N1CC1. The molecule has 3 fully saturated rings. The molecule has 0 aromatic heterocycles. The standard InChI is InChI=1S/C12H13N3O2.C9H12/c16-9-7-8(13-1-2-13)12(17)11(15-5-6-15)10(9)14-3-4-14;1-8(2)9-6-4-3-5-7-9/h7H,1-6H2;3-8H,1-2H3. The van der Waals surface area contributed by atoms with Crippen LogP contribution in [0.15, 0.2) is 53.5 Å². The lowest BCUT2D eigenvalue weighted by Gasteiger charge is -2.21. The molecule has 26 heavy (non-hydrogen) atoms. The third-order valence-corrected chi connectivity index (χ3v) is 4.95. The number of benzene rings is 1. The van der Waals surface area contributed by atoms with Crippen LogP contribution in [-0.2, 0) is 9.59 Å². The van der Waals surface area contributed by atoms with E-state index in [1.165, 1.54) is 11.6 Å². The van der Waals surface area contributed by atoms with Gasteiger partial charge in [-0.3, -0.25) is 9.59 Å². The van der Waals surface area contributed by atoms with Crippen LogP contribution >= 0.6 is 0 Å². The second-order valence-corrected chi connectivity index (χ2v) is 7.45. The van der Waals surface area contributed by atoms with Crippen molar-refractivity contribution >= 4 is 11.6 Å². The molecule has 1 aromatic rings. The molecule has 0 atom stereocenters. The van der Waals surface area contributed by atoms with Crippen LogP contribution < -0.4 is 0 Å². The molecule has 3 heterocycles. The van der Waals surface area contributed by atoms with Gasteiger partial charge in [0.25, 0.3) is 0 Å². The second kappa shape index (κ2) is 6.63. The van der Waals surface area contributed by atoms with Gasteiger partial charge in [-0.1, -0.05) is 44.2 Å². The van der Waals surface area contributed by atoms with E-state index in [1.807, 2.05) is 20.8 Å². The van der Waals surface area contributed by atoms with Gasteiger partial charge in [-0.2, -0.15) is 0 Å². The van der Waals surface area contributed by atoms with Crippen molar-refractivity contribution in [3.05, 3.63) is 59.1 Å². The first-order valence-electron chi connectivity index (χ1n) is 9.41. The summed E-state index contributed by atoms with van der Waals surface area (Å²) in [6.07, 6.45) is 1.52. The summed E-state index contributed by atoms with van der Waals surface area (Å²) >= 11 is 0. The molecule has 0 saturated carbocycles. The second-order valence-electron chi connectivity index (χ2n) is 7.45. The minimum Gasteiger partial charge on any atom is -0.365 e. The minimum atomic E-state index is 0.00546. The molecule has 5 heteroatoms. The van der Waals surface area contributed by atoms with E-state index in [4.69, 9.17) is 0 Å². The van der Waals surface area contributed by atoms with Crippen LogP contribution in [0.1, 0.15) is 25.3 Å².